The van der Waals surface area contributed by atoms with E-state index in [1.54, 1.807) is 0 Å². The summed E-state index contributed by atoms with van der Waals surface area (Å²) < 4.78 is 2.40. The van der Waals surface area contributed by atoms with Crippen LogP contribution in [0, 0.1) is 0 Å². The van der Waals surface area contributed by atoms with Crippen LogP contribution in [0.1, 0.15) is 0 Å². The molecule has 2 heterocycles. The van der Waals surface area contributed by atoms with E-state index in [0.717, 1.165) is 11.4 Å². The molecule has 0 spiro atoms. The van der Waals surface area contributed by atoms with Gasteiger partial charge in [-0.25, -0.2) is 0 Å². The Morgan fingerprint density at radius 3 is 1.31 bits per heavy atom. The van der Waals surface area contributed by atoms with Gasteiger partial charge in [-0.2, -0.15) is 0 Å². The van der Waals surface area contributed by atoms with Crippen molar-refractivity contribution in [1.29, 1.82) is 0 Å². The van der Waals surface area contributed by atoms with Crippen molar-refractivity contribution in [1.82, 2.24) is 4.57 Å². The Balaban J connectivity index is 1.16. The Labute approximate surface area is 299 Å². The van der Waals surface area contributed by atoms with E-state index in [-0.39, 0.29) is 0 Å². The summed E-state index contributed by atoms with van der Waals surface area (Å²) in [6.45, 7) is 0. The maximum atomic E-state index is 2.49. The molecule has 1 aliphatic rings. The average molecular weight is 667 g/mol. The number of aromatic nitrogens is 1. The third-order valence-corrected chi connectivity index (χ3v) is 15.5. The van der Waals surface area contributed by atoms with Gasteiger partial charge in [0.2, 0.25) is 0 Å². The Kier molecular flexibility index (Phi) is 6.86. The van der Waals surface area contributed by atoms with E-state index in [2.05, 4.69) is 216 Å². The highest BCUT2D eigenvalue weighted by Crippen LogP contribution is 2.40. The lowest BCUT2D eigenvalue weighted by Crippen LogP contribution is -2.77. The van der Waals surface area contributed by atoms with Gasteiger partial charge in [0.15, 0.2) is 8.07 Å². The van der Waals surface area contributed by atoms with Crippen molar-refractivity contribution in [3.8, 4) is 16.8 Å². The van der Waals surface area contributed by atoms with Gasteiger partial charge in [-0.3, -0.25) is 0 Å². The van der Waals surface area contributed by atoms with Crippen LogP contribution in [0.3, 0.4) is 0 Å². The van der Waals surface area contributed by atoms with Crippen molar-refractivity contribution < 1.29 is 0 Å². The lowest BCUT2D eigenvalue weighted by Gasteiger charge is -2.45. The summed E-state index contributed by atoms with van der Waals surface area (Å²) >= 11 is 0. The molecule has 0 N–H and O–H groups in total. The fraction of sp³-hybridized carbons (Fsp3) is 0. The van der Waals surface area contributed by atoms with Crippen LogP contribution in [0.5, 0.6) is 0 Å². The maximum absolute atomic E-state index is 2.66. The van der Waals surface area contributed by atoms with E-state index in [1.807, 2.05) is 0 Å². The molecule has 9 aromatic rings. The largest absolute Gasteiger partial charge is 0.311 e. The molecule has 1 aromatic heterocycles. The standard InChI is InChI=1S/C48H34N2Si/c1-3-21-39(22-4-1)51(40-23-5-2-6-24-40)47-31-13-11-29-45(47)50(46-30-12-14-32-48(46)51)38-20-16-18-36(34-38)35-17-15-19-37(33-35)49-43-27-9-7-25-41(43)42-26-8-10-28-44(42)49/h1-34H. The molecule has 2 nitrogen and oxygen atoms in total. The van der Waals surface area contributed by atoms with Crippen molar-refractivity contribution in [2.45, 2.75) is 0 Å². The molecule has 10 rings (SSSR count). The monoisotopic (exact) mass is 666 g/mol. The quantitative estimate of drug-likeness (QED) is 0.166. The number of benzene rings is 8. The van der Waals surface area contributed by atoms with Crippen molar-refractivity contribution in [3.05, 3.63) is 206 Å². The minimum Gasteiger partial charge on any atom is -0.311 e. The zero-order valence-electron chi connectivity index (χ0n) is 28.0. The molecular weight excluding hydrogens is 633 g/mol. The number of hydrogen-bond acceptors (Lipinski definition) is 1. The Bertz CT molecular complexity index is 2570. The summed E-state index contributed by atoms with van der Waals surface area (Å²) in [5.74, 6) is 0. The van der Waals surface area contributed by atoms with E-state index in [0.29, 0.717) is 0 Å². The van der Waals surface area contributed by atoms with Crippen LogP contribution in [0.2, 0.25) is 0 Å². The number of para-hydroxylation sites is 4. The van der Waals surface area contributed by atoms with E-state index >= 15 is 0 Å². The van der Waals surface area contributed by atoms with Crippen molar-refractivity contribution in [2.75, 3.05) is 4.90 Å². The van der Waals surface area contributed by atoms with Gasteiger partial charge < -0.3 is 9.47 Å². The molecule has 0 unspecified atom stereocenters. The zero-order valence-corrected chi connectivity index (χ0v) is 29.0. The number of hydrogen-bond donors (Lipinski definition) is 0. The first-order valence-corrected chi connectivity index (χ1v) is 19.6. The average Bonchev–Trinajstić information content (AvgIpc) is 3.55. The SMILES string of the molecule is c1ccc([Si]2(c3ccccc3)c3ccccc3N(c3cccc(-c4cccc(-n5c6ccccc6c6ccccc65)c4)c3)c3ccccc32)cc1. The smallest absolute Gasteiger partial charge is 0.184 e. The van der Waals surface area contributed by atoms with E-state index < -0.39 is 8.07 Å². The number of fused-ring (bicyclic) bond motifs is 5. The molecule has 3 heteroatoms. The predicted molar refractivity (Wildman–Crippen MR) is 218 cm³/mol. The van der Waals surface area contributed by atoms with E-state index in [1.165, 1.54) is 65.1 Å². The maximum Gasteiger partial charge on any atom is 0.184 e. The van der Waals surface area contributed by atoms with Crippen LogP contribution in [-0.4, -0.2) is 12.6 Å². The molecule has 0 radical (unpaired) electrons. The van der Waals surface area contributed by atoms with Gasteiger partial charge in [0.05, 0.1) is 11.0 Å². The second-order valence-corrected chi connectivity index (χ2v) is 17.1. The van der Waals surface area contributed by atoms with Gasteiger partial charge in [-0.1, -0.05) is 158 Å². The van der Waals surface area contributed by atoms with Crippen molar-refractivity contribution >= 4 is 67.7 Å². The number of nitrogens with zero attached hydrogens (tertiary/aromatic N) is 2. The first-order valence-electron chi connectivity index (χ1n) is 17.6. The minimum absolute atomic E-state index is 1.15. The number of rotatable bonds is 5. The van der Waals surface area contributed by atoms with Gasteiger partial charge in [0.1, 0.15) is 0 Å². The van der Waals surface area contributed by atoms with Gasteiger partial charge in [-0.05, 0) is 80.4 Å². The van der Waals surface area contributed by atoms with Crippen molar-refractivity contribution in [2.24, 2.45) is 0 Å². The topological polar surface area (TPSA) is 8.17 Å². The third-order valence-electron chi connectivity index (χ3n) is 10.6. The van der Waals surface area contributed by atoms with E-state index in [9.17, 15) is 0 Å². The van der Waals surface area contributed by atoms with Gasteiger partial charge >= 0.3 is 0 Å². The second-order valence-electron chi connectivity index (χ2n) is 13.3. The first-order chi connectivity index (χ1) is 25.3. The molecule has 0 atom stereocenters. The van der Waals surface area contributed by atoms with Crippen LogP contribution in [0.15, 0.2) is 206 Å². The Hall–Kier alpha value is -6.42. The van der Waals surface area contributed by atoms with Crippen LogP contribution < -0.4 is 25.6 Å². The van der Waals surface area contributed by atoms with Crippen LogP contribution in [-0.2, 0) is 0 Å². The summed E-state index contributed by atoms with van der Waals surface area (Å²) in [7, 11) is -2.66. The third kappa shape index (κ3) is 4.49. The van der Waals surface area contributed by atoms with Crippen molar-refractivity contribution in [3.63, 3.8) is 0 Å². The Morgan fingerprint density at radius 1 is 0.333 bits per heavy atom. The predicted octanol–water partition coefficient (Wildman–Crippen LogP) is 9.61. The van der Waals surface area contributed by atoms with Crippen LogP contribution in [0.25, 0.3) is 38.6 Å². The summed E-state index contributed by atoms with van der Waals surface area (Å²) in [6.07, 6.45) is 0. The highest BCUT2D eigenvalue weighted by molar-refractivity contribution is 7.21. The van der Waals surface area contributed by atoms with Crippen LogP contribution >= 0.6 is 0 Å². The highest BCUT2D eigenvalue weighted by Gasteiger charge is 2.48. The molecule has 1 aliphatic heterocycles. The fourth-order valence-electron chi connectivity index (χ4n) is 8.54. The molecule has 0 saturated carbocycles. The summed E-state index contributed by atoms with van der Waals surface area (Å²) in [5.41, 5.74) is 9.60. The molecule has 0 saturated heterocycles. The second kappa shape index (κ2) is 11.9. The number of anilines is 3. The molecule has 0 bridgehead atoms. The molecule has 240 valence electrons. The normalized spacial score (nSPS) is 13.2. The zero-order chi connectivity index (χ0) is 33.8. The van der Waals surface area contributed by atoms with E-state index in [4.69, 9.17) is 0 Å². The fourth-order valence-corrected chi connectivity index (χ4v) is 13.6. The summed E-state index contributed by atoms with van der Waals surface area (Å²) in [6, 6.07) is 76.1. The molecular formula is C48H34N2Si. The lowest BCUT2D eigenvalue weighted by molar-refractivity contribution is 1.18. The first kappa shape index (κ1) is 29.5. The van der Waals surface area contributed by atoms with Gasteiger partial charge in [0.25, 0.3) is 0 Å². The van der Waals surface area contributed by atoms with Crippen LogP contribution in [0.4, 0.5) is 17.1 Å². The summed E-state index contributed by atoms with van der Waals surface area (Å²) in [4.78, 5) is 2.49. The molecule has 51 heavy (non-hydrogen) atoms. The molecule has 0 amide bonds. The highest BCUT2D eigenvalue weighted by atomic mass is 28.3. The molecule has 0 aliphatic carbocycles. The Morgan fingerprint density at radius 2 is 0.765 bits per heavy atom. The molecule has 8 aromatic carbocycles. The lowest BCUT2D eigenvalue weighted by atomic mass is 10.0. The summed E-state index contributed by atoms with van der Waals surface area (Å²) in [5, 5.41) is 8.14. The molecule has 0 fully saturated rings. The van der Waals surface area contributed by atoms with Gasteiger partial charge in [0, 0.05) is 33.5 Å². The van der Waals surface area contributed by atoms with Gasteiger partial charge in [-0.15, -0.1) is 0 Å². The minimum atomic E-state index is -2.66.